The maximum Gasteiger partial charge on any atom is 0.416 e. The third kappa shape index (κ3) is 4.61. The summed E-state index contributed by atoms with van der Waals surface area (Å²) in [6.45, 7) is 3.76. The molecule has 1 atom stereocenters. The van der Waals surface area contributed by atoms with E-state index in [1.807, 2.05) is 13.8 Å². The van der Waals surface area contributed by atoms with Gasteiger partial charge in [-0.15, -0.1) is 0 Å². The predicted octanol–water partition coefficient (Wildman–Crippen LogP) is 4.50. The van der Waals surface area contributed by atoms with Gasteiger partial charge >= 0.3 is 12.2 Å². The van der Waals surface area contributed by atoms with Gasteiger partial charge in [0, 0.05) is 13.1 Å². The third-order valence-corrected chi connectivity index (χ3v) is 3.22. The van der Waals surface area contributed by atoms with Crippen LogP contribution in [0.25, 0.3) is 0 Å². The first kappa shape index (κ1) is 17.3. The minimum absolute atomic E-state index is 0.0936. The fourth-order valence-electron chi connectivity index (χ4n) is 1.81. The fraction of sp³-hybridized carbons (Fsp3) is 0.500. The minimum Gasteiger partial charge on any atom is -0.325 e. The summed E-state index contributed by atoms with van der Waals surface area (Å²) in [5, 5.41) is 2.17. The molecule has 0 radical (unpaired) electrons. The van der Waals surface area contributed by atoms with Crippen LogP contribution in [0, 0.1) is 5.82 Å². The predicted molar refractivity (Wildman–Crippen MR) is 72.6 cm³/mol. The first-order valence-electron chi connectivity index (χ1n) is 6.57. The van der Waals surface area contributed by atoms with E-state index in [0.29, 0.717) is 18.2 Å². The van der Waals surface area contributed by atoms with Crippen LogP contribution in [-0.4, -0.2) is 24.0 Å². The monoisotopic (exact) mass is 306 g/mol. The van der Waals surface area contributed by atoms with Gasteiger partial charge in [-0.25, -0.2) is 9.18 Å². The van der Waals surface area contributed by atoms with Crippen molar-refractivity contribution >= 4 is 11.7 Å². The number of halogens is 4. The van der Waals surface area contributed by atoms with Gasteiger partial charge in [-0.05, 0) is 31.5 Å². The van der Waals surface area contributed by atoms with Gasteiger partial charge < -0.3 is 10.2 Å². The second-order valence-corrected chi connectivity index (χ2v) is 4.87. The van der Waals surface area contributed by atoms with Crippen molar-refractivity contribution in [2.75, 3.05) is 12.4 Å². The number of urea groups is 1. The van der Waals surface area contributed by atoms with E-state index < -0.39 is 29.3 Å². The molecule has 1 rings (SSSR count). The molecule has 0 fully saturated rings. The lowest BCUT2D eigenvalue weighted by Crippen LogP contribution is -2.38. The molecule has 0 heterocycles. The number of alkyl halides is 3. The van der Waals surface area contributed by atoms with Crippen LogP contribution in [0.2, 0.25) is 0 Å². The zero-order valence-corrected chi connectivity index (χ0v) is 12.1. The summed E-state index contributed by atoms with van der Waals surface area (Å²) in [6.07, 6.45) is -2.99. The first-order chi connectivity index (χ1) is 9.66. The van der Waals surface area contributed by atoms with Crippen LogP contribution in [0.15, 0.2) is 18.2 Å². The zero-order chi connectivity index (χ0) is 16.2. The summed E-state index contributed by atoms with van der Waals surface area (Å²) in [5.74, 6) is -0.909. The van der Waals surface area contributed by atoms with Crippen molar-refractivity contribution in [2.45, 2.75) is 38.9 Å². The molecule has 1 unspecified atom stereocenters. The molecule has 0 aliphatic carbocycles. The lowest BCUT2D eigenvalue weighted by Gasteiger charge is -2.25. The van der Waals surface area contributed by atoms with Crippen LogP contribution in [0.1, 0.15) is 32.3 Å². The number of benzene rings is 1. The molecule has 0 aromatic heterocycles. The summed E-state index contributed by atoms with van der Waals surface area (Å²) in [5.41, 5.74) is -1.49. The van der Waals surface area contributed by atoms with Crippen LogP contribution in [0.3, 0.4) is 0 Å². The molecular weight excluding hydrogens is 288 g/mol. The van der Waals surface area contributed by atoms with Crippen molar-refractivity contribution in [3.63, 3.8) is 0 Å². The molecule has 1 aromatic carbocycles. The van der Waals surface area contributed by atoms with Gasteiger partial charge in [0.1, 0.15) is 5.82 Å². The van der Waals surface area contributed by atoms with Crippen LogP contribution in [0.4, 0.5) is 28.0 Å². The molecule has 0 saturated carbocycles. The van der Waals surface area contributed by atoms with E-state index >= 15 is 0 Å². The van der Waals surface area contributed by atoms with E-state index in [2.05, 4.69) is 5.32 Å². The SMILES string of the molecule is CCCC(C)N(C)C(=O)Nc1cc(C(F)(F)F)ccc1F. The van der Waals surface area contributed by atoms with E-state index in [9.17, 15) is 22.4 Å². The normalized spacial score (nSPS) is 12.9. The molecule has 0 aliphatic rings. The Morgan fingerprint density at radius 3 is 2.52 bits per heavy atom. The summed E-state index contributed by atoms with van der Waals surface area (Å²) in [7, 11) is 1.52. The number of nitrogens with zero attached hydrogens (tertiary/aromatic N) is 1. The lowest BCUT2D eigenvalue weighted by molar-refractivity contribution is -0.137. The van der Waals surface area contributed by atoms with Crippen LogP contribution in [-0.2, 0) is 6.18 Å². The van der Waals surface area contributed by atoms with Gasteiger partial charge in [-0.2, -0.15) is 13.2 Å². The second-order valence-electron chi connectivity index (χ2n) is 4.87. The highest BCUT2D eigenvalue weighted by molar-refractivity contribution is 5.89. The van der Waals surface area contributed by atoms with E-state index in [0.717, 1.165) is 12.8 Å². The third-order valence-electron chi connectivity index (χ3n) is 3.22. The summed E-state index contributed by atoms with van der Waals surface area (Å²) >= 11 is 0. The van der Waals surface area contributed by atoms with Gasteiger partial charge in [-0.1, -0.05) is 13.3 Å². The highest BCUT2D eigenvalue weighted by Crippen LogP contribution is 2.31. The molecule has 3 nitrogen and oxygen atoms in total. The zero-order valence-electron chi connectivity index (χ0n) is 12.1. The number of hydrogen-bond acceptors (Lipinski definition) is 1. The number of anilines is 1. The van der Waals surface area contributed by atoms with E-state index in [4.69, 9.17) is 0 Å². The fourth-order valence-corrected chi connectivity index (χ4v) is 1.81. The van der Waals surface area contributed by atoms with Gasteiger partial charge in [0.2, 0.25) is 0 Å². The molecular formula is C14H18F4N2O. The maximum atomic E-state index is 13.5. The topological polar surface area (TPSA) is 32.3 Å². The van der Waals surface area contributed by atoms with Crippen LogP contribution < -0.4 is 5.32 Å². The number of rotatable bonds is 4. The van der Waals surface area contributed by atoms with Crippen molar-refractivity contribution in [3.05, 3.63) is 29.6 Å². The largest absolute Gasteiger partial charge is 0.416 e. The Kier molecular flexibility index (Phi) is 5.57. The Morgan fingerprint density at radius 2 is 2.00 bits per heavy atom. The number of carbonyl (C=O) groups is 1. The van der Waals surface area contributed by atoms with Crippen molar-refractivity contribution < 1.29 is 22.4 Å². The Labute approximate surface area is 120 Å². The molecule has 21 heavy (non-hydrogen) atoms. The standard InChI is InChI=1S/C14H18F4N2O/c1-4-5-9(2)20(3)13(21)19-12-8-10(14(16,17)18)6-7-11(12)15/h6-9H,4-5H2,1-3H3,(H,19,21). The number of amides is 2. The Balaban J connectivity index is 2.89. The van der Waals surface area contributed by atoms with Gasteiger partial charge in [-0.3, -0.25) is 0 Å². The summed E-state index contributed by atoms with van der Waals surface area (Å²) < 4.78 is 51.3. The molecule has 1 aromatic rings. The molecule has 0 bridgehead atoms. The summed E-state index contributed by atoms with van der Waals surface area (Å²) in [4.78, 5) is 13.2. The summed E-state index contributed by atoms with van der Waals surface area (Å²) in [6, 6.07) is 1.17. The second kappa shape index (κ2) is 6.78. The number of nitrogens with one attached hydrogen (secondary N) is 1. The lowest BCUT2D eigenvalue weighted by atomic mass is 10.1. The molecule has 1 N–H and O–H groups in total. The van der Waals surface area contributed by atoms with Gasteiger partial charge in [0.15, 0.2) is 0 Å². The van der Waals surface area contributed by atoms with Crippen molar-refractivity contribution in [1.82, 2.24) is 4.90 Å². The van der Waals surface area contributed by atoms with Crippen LogP contribution >= 0.6 is 0 Å². The average Bonchev–Trinajstić information content (AvgIpc) is 2.39. The maximum absolute atomic E-state index is 13.5. The quantitative estimate of drug-likeness (QED) is 0.816. The molecule has 118 valence electrons. The van der Waals surface area contributed by atoms with Gasteiger partial charge in [0.25, 0.3) is 0 Å². The van der Waals surface area contributed by atoms with E-state index in [1.165, 1.54) is 11.9 Å². The first-order valence-corrected chi connectivity index (χ1v) is 6.57. The average molecular weight is 306 g/mol. The highest BCUT2D eigenvalue weighted by Gasteiger charge is 2.31. The Bertz CT molecular complexity index is 502. The smallest absolute Gasteiger partial charge is 0.325 e. The molecule has 7 heteroatoms. The Morgan fingerprint density at radius 1 is 1.38 bits per heavy atom. The van der Waals surface area contributed by atoms with Gasteiger partial charge in [0.05, 0.1) is 11.3 Å². The molecule has 0 aliphatic heterocycles. The molecule has 2 amide bonds. The molecule has 0 spiro atoms. The van der Waals surface area contributed by atoms with Crippen LogP contribution in [0.5, 0.6) is 0 Å². The van der Waals surface area contributed by atoms with E-state index in [1.54, 1.807) is 0 Å². The minimum atomic E-state index is -4.59. The van der Waals surface area contributed by atoms with Crippen molar-refractivity contribution in [3.8, 4) is 0 Å². The number of carbonyl (C=O) groups excluding carboxylic acids is 1. The number of hydrogen-bond donors (Lipinski definition) is 1. The van der Waals surface area contributed by atoms with Crippen molar-refractivity contribution in [2.24, 2.45) is 0 Å². The van der Waals surface area contributed by atoms with E-state index in [-0.39, 0.29) is 6.04 Å². The van der Waals surface area contributed by atoms with Crippen molar-refractivity contribution in [1.29, 1.82) is 0 Å². The Hall–Kier alpha value is -1.79. The highest BCUT2D eigenvalue weighted by atomic mass is 19.4. The molecule has 0 saturated heterocycles.